The molecule has 0 saturated carbocycles. The highest BCUT2D eigenvalue weighted by molar-refractivity contribution is 5.44. The highest BCUT2D eigenvalue weighted by atomic mass is 15.2. The van der Waals surface area contributed by atoms with E-state index in [1.54, 1.807) is 0 Å². The van der Waals surface area contributed by atoms with E-state index in [1.165, 1.54) is 5.56 Å². The van der Waals surface area contributed by atoms with Crippen LogP contribution in [0.4, 0.5) is 5.82 Å². The lowest BCUT2D eigenvalue weighted by molar-refractivity contribution is 0.494. The number of aromatic nitrogens is 1. The minimum atomic E-state index is 0.769. The van der Waals surface area contributed by atoms with Crippen LogP contribution in [0.3, 0.4) is 0 Å². The summed E-state index contributed by atoms with van der Waals surface area (Å²) in [5.74, 6) is 2.68. The first-order valence-corrected chi connectivity index (χ1v) is 6.47. The fourth-order valence-corrected chi connectivity index (χ4v) is 2.51. The van der Waals surface area contributed by atoms with E-state index in [4.69, 9.17) is 0 Å². The fraction of sp³-hybridized carbons (Fsp3) is 0.643. The van der Waals surface area contributed by atoms with Crippen molar-refractivity contribution in [1.82, 2.24) is 10.3 Å². The molecule has 0 aliphatic carbocycles. The molecule has 2 rings (SSSR count). The average Bonchev–Trinajstić information content (AvgIpc) is 2.59. The molecule has 0 radical (unpaired) electrons. The van der Waals surface area contributed by atoms with Gasteiger partial charge in [0.1, 0.15) is 5.82 Å². The van der Waals surface area contributed by atoms with Gasteiger partial charge in [-0.25, -0.2) is 4.98 Å². The molecule has 3 heteroatoms. The molecule has 2 heterocycles. The van der Waals surface area contributed by atoms with Crippen molar-refractivity contribution in [1.29, 1.82) is 0 Å². The van der Waals surface area contributed by atoms with Gasteiger partial charge in [0.25, 0.3) is 0 Å². The zero-order valence-corrected chi connectivity index (χ0v) is 11.3. The fourth-order valence-electron chi connectivity index (χ4n) is 2.51. The summed E-state index contributed by atoms with van der Waals surface area (Å²) >= 11 is 0. The van der Waals surface area contributed by atoms with E-state index in [-0.39, 0.29) is 0 Å². The van der Waals surface area contributed by atoms with Gasteiger partial charge in [0.15, 0.2) is 0 Å². The maximum absolute atomic E-state index is 4.67. The summed E-state index contributed by atoms with van der Waals surface area (Å²) in [5.41, 5.74) is 2.43. The van der Waals surface area contributed by atoms with Crippen LogP contribution in [0.1, 0.15) is 25.1 Å². The molecule has 2 atom stereocenters. The number of pyridine rings is 1. The Bertz CT molecular complexity index is 379. The second-order valence-electron chi connectivity index (χ2n) is 5.36. The maximum atomic E-state index is 4.67. The first-order valence-electron chi connectivity index (χ1n) is 6.47. The molecule has 0 amide bonds. The zero-order chi connectivity index (χ0) is 12.4. The van der Waals surface area contributed by atoms with E-state index < -0.39 is 0 Å². The van der Waals surface area contributed by atoms with Crippen LogP contribution >= 0.6 is 0 Å². The van der Waals surface area contributed by atoms with Crippen LogP contribution < -0.4 is 10.2 Å². The van der Waals surface area contributed by atoms with E-state index in [0.717, 1.165) is 43.0 Å². The first kappa shape index (κ1) is 12.4. The van der Waals surface area contributed by atoms with Crippen LogP contribution in [0.5, 0.6) is 0 Å². The van der Waals surface area contributed by atoms with Gasteiger partial charge in [0.2, 0.25) is 0 Å². The summed E-state index contributed by atoms with van der Waals surface area (Å²) in [5, 5.41) is 3.20. The molecule has 1 aromatic heterocycles. The molecule has 3 nitrogen and oxygen atoms in total. The van der Waals surface area contributed by atoms with Gasteiger partial charge >= 0.3 is 0 Å². The Kier molecular flexibility index (Phi) is 3.67. The number of nitrogens with one attached hydrogen (secondary N) is 1. The minimum absolute atomic E-state index is 0.769. The normalized spacial score (nSPS) is 24.4. The lowest BCUT2D eigenvalue weighted by Crippen LogP contribution is -2.21. The summed E-state index contributed by atoms with van der Waals surface area (Å²) in [4.78, 5) is 7.08. The minimum Gasteiger partial charge on any atom is -0.356 e. The third-order valence-electron chi connectivity index (χ3n) is 3.69. The smallest absolute Gasteiger partial charge is 0.129 e. The van der Waals surface area contributed by atoms with Crippen LogP contribution in [0.25, 0.3) is 0 Å². The number of nitrogens with zero attached hydrogens (tertiary/aromatic N) is 2. The van der Waals surface area contributed by atoms with Crippen molar-refractivity contribution in [2.75, 3.05) is 25.0 Å². The molecule has 1 fully saturated rings. The standard InChI is InChI=1S/C14H23N3/c1-10-8-17(9-11(10)2)14-6-13(7-15-4)5-12(3)16-14/h5-6,10-11,15H,7-9H2,1-4H3. The van der Waals surface area contributed by atoms with Crippen molar-refractivity contribution >= 4 is 5.82 Å². The van der Waals surface area contributed by atoms with Crippen LogP contribution in [0, 0.1) is 18.8 Å². The number of aryl methyl sites for hydroxylation is 1. The van der Waals surface area contributed by atoms with Gasteiger partial charge in [-0.2, -0.15) is 0 Å². The van der Waals surface area contributed by atoms with Crippen LogP contribution in [-0.4, -0.2) is 25.1 Å². The van der Waals surface area contributed by atoms with Crippen molar-refractivity contribution in [3.8, 4) is 0 Å². The van der Waals surface area contributed by atoms with Gasteiger partial charge in [0, 0.05) is 25.3 Å². The van der Waals surface area contributed by atoms with Crippen molar-refractivity contribution < 1.29 is 0 Å². The lowest BCUT2D eigenvalue weighted by Gasteiger charge is -2.18. The maximum Gasteiger partial charge on any atom is 0.129 e. The monoisotopic (exact) mass is 233 g/mol. The zero-order valence-electron chi connectivity index (χ0n) is 11.3. The number of anilines is 1. The molecule has 94 valence electrons. The van der Waals surface area contributed by atoms with Crippen LogP contribution in [0.2, 0.25) is 0 Å². The third-order valence-corrected chi connectivity index (χ3v) is 3.69. The Morgan fingerprint density at radius 1 is 1.29 bits per heavy atom. The quantitative estimate of drug-likeness (QED) is 0.867. The van der Waals surface area contributed by atoms with E-state index in [1.807, 2.05) is 7.05 Å². The van der Waals surface area contributed by atoms with E-state index in [2.05, 4.69) is 48.1 Å². The van der Waals surface area contributed by atoms with E-state index in [0.29, 0.717) is 0 Å². The van der Waals surface area contributed by atoms with Crippen LogP contribution in [0.15, 0.2) is 12.1 Å². The highest BCUT2D eigenvalue weighted by Crippen LogP contribution is 2.27. The molecule has 1 saturated heterocycles. The molecule has 1 N–H and O–H groups in total. The predicted octanol–water partition coefficient (Wildman–Crippen LogP) is 2.20. The summed E-state index contributed by atoms with van der Waals surface area (Å²) in [7, 11) is 1.98. The summed E-state index contributed by atoms with van der Waals surface area (Å²) < 4.78 is 0. The second kappa shape index (κ2) is 5.05. The summed E-state index contributed by atoms with van der Waals surface area (Å²) in [6.45, 7) is 9.91. The SMILES string of the molecule is CNCc1cc(C)nc(N2CC(C)C(C)C2)c1. The van der Waals surface area contributed by atoms with Gasteiger partial charge < -0.3 is 10.2 Å². The Morgan fingerprint density at radius 3 is 2.53 bits per heavy atom. The van der Waals surface area contributed by atoms with Gasteiger partial charge in [-0.1, -0.05) is 13.8 Å². The molecular weight excluding hydrogens is 210 g/mol. The van der Waals surface area contributed by atoms with E-state index >= 15 is 0 Å². The van der Waals surface area contributed by atoms with Gasteiger partial charge in [-0.3, -0.25) is 0 Å². The van der Waals surface area contributed by atoms with Crippen molar-refractivity contribution in [3.05, 3.63) is 23.4 Å². The average molecular weight is 233 g/mol. The Morgan fingerprint density at radius 2 is 1.94 bits per heavy atom. The van der Waals surface area contributed by atoms with Crippen molar-refractivity contribution in [2.45, 2.75) is 27.3 Å². The molecule has 1 aliphatic heterocycles. The summed E-state index contributed by atoms with van der Waals surface area (Å²) in [6.07, 6.45) is 0. The van der Waals surface area contributed by atoms with Gasteiger partial charge in [0.05, 0.1) is 0 Å². The molecular formula is C14H23N3. The molecule has 1 aromatic rings. The third kappa shape index (κ3) is 2.78. The predicted molar refractivity (Wildman–Crippen MR) is 72.3 cm³/mol. The molecule has 0 aromatic carbocycles. The number of hydrogen-bond acceptors (Lipinski definition) is 3. The largest absolute Gasteiger partial charge is 0.356 e. The number of rotatable bonds is 3. The Balaban J connectivity index is 2.20. The first-order chi connectivity index (χ1) is 8.10. The van der Waals surface area contributed by atoms with Crippen molar-refractivity contribution in [3.63, 3.8) is 0 Å². The molecule has 2 unspecified atom stereocenters. The van der Waals surface area contributed by atoms with Gasteiger partial charge in [-0.05, 0) is 43.5 Å². The van der Waals surface area contributed by atoms with Crippen molar-refractivity contribution in [2.24, 2.45) is 11.8 Å². The van der Waals surface area contributed by atoms with E-state index in [9.17, 15) is 0 Å². The number of hydrogen-bond donors (Lipinski definition) is 1. The second-order valence-corrected chi connectivity index (χ2v) is 5.36. The Hall–Kier alpha value is -1.09. The molecule has 17 heavy (non-hydrogen) atoms. The summed E-state index contributed by atoms with van der Waals surface area (Å²) in [6, 6.07) is 4.37. The van der Waals surface area contributed by atoms with Crippen LogP contribution in [-0.2, 0) is 6.54 Å². The topological polar surface area (TPSA) is 28.2 Å². The molecule has 1 aliphatic rings. The highest BCUT2D eigenvalue weighted by Gasteiger charge is 2.26. The lowest BCUT2D eigenvalue weighted by atomic mass is 10.0. The molecule has 0 bridgehead atoms. The molecule has 0 spiro atoms. The Labute approximate surface area is 104 Å². The van der Waals surface area contributed by atoms with Gasteiger partial charge in [-0.15, -0.1) is 0 Å².